The zero-order valence-corrected chi connectivity index (χ0v) is 18.8. The van der Waals surface area contributed by atoms with Gasteiger partial charge in [-0.3, -0.25) is 9.48 Å². The maximum atomic E-state index is 13.3. The average molecular weight is 433 g/mol. The van der Waals surface area contributed by atoms with E-state index in [0.717, 1.165) is 75.1 Å². The quantitative estimate of drug-likeness (QED) is 0.637. The third-order valence-electron chi connectivity index (χ3n) is 6.67. The van der Waals surface area contributed by atoms with E-state index >= 15 is 0 Å². The summed E-state index contributed by atoms with van der Waals surface area (Å²) < 4.78 is 4.10. The van der Waals surface area contributed by atoms with Crippen molar-refractivity contribution in [2.45, 2.75) is 64.5 Å². The summed E-state index contributed by atoms with van der Waals surface area (Å²) in [6.07, 6.45) is 12.8. The molecule has 168 valence electrons. The Labute approximate surface area is 189 Å². The standard InChI is InChI=1S/C25H32N6O/c1-2-13-31-23-11-8-20(27-19-6-9-21(10-7-19)30-16-12-26-18-30)17-22(23)24(28-31)25(32)29-14-4-3-5-15-29/h6-7,9-10,12,16,18,20,27H,2-5,8,11,13-15,17H2,1H3. The van der Waals surface area contributed by atoms with Crippen LogP contribution in [0.25, 0.3) is 5.69 Å². The van der Waals surface area contributed by atoms with Crippen LogP contribution >= 0.6 is 0 Å². The molecule has 0 bridgehead atoms. The van der Waals surface area contributed by atoms with Gasteiger partial charge in [0.05, 0.1) is 6.33 Å². The number of nitrogens with one attached hydrogen (secondary N) is 1. The Morgan fingerprint density at radius 1 is 1.16 bits per heavy atom. The largest absolute Gasteiger partial charge is 0.382 e. The van der Waals surface area contributed by atoms with Gasteiger partial charge in [-0.1, -0.05) is 6.92 Å². The van der Waals surface area contributed by atoms with Crippen molar-refractivity contribution in [3.05, 3.63) is 59.9 Å². The van der Waals surface area contributed by atoms with Gasteiger partial charge in [-0.05, 0) is 69.2 Å². The molecule has 1 N–H and O–H groups in total. The van der Waals surface area contributed by atoms with E-state index in [2.05, 4.69) is 46.2 Å². The number of hydrogen-bond donors (Lipinski definition) is 1. The van der Waals surface area contributed by atoms with Gasteiger partial charge in [0.25, 0.3) is 5.91 Å². The van der Waals surface area contributed by atoms with E-state index in [9.17, 15) is 4.79 Å². The fourth-order valence-corrected chi connectivity index (χ4v) is 5.00. The molecular formula is C25H32N6O. The summed E-state index contributed by atoms with van der Waals surface area (Å²) in [4.78, 5) is 19.5. The molecule has 0 spiro atoms. The summed E-state index contributed by atoms with van der Waals surface area (Å²) in [5.74, 6) is 0.126. The number of imidazole rings is 1. The molecule has 1 saturated heterocycles. The van der Waals surface area contributed by atoms with Crippen LogP contribution in [-0.2, 0) is 19.4 Å². The van der Waals surface area contributed by atoms with Crippen LogP contribution in [0.1, 0.15) is 60.8 Å². The molecule has 5 rings (SSSR count). The van der Waals surface area contributed by atoms with Gasteiger partial charge >= 0.3 is 0 Å². The molecular weight excluding hydrogens is 400 g/mol. The second kappa shape index (κ2) is 9.18. The lowest BCUT2D eigenvalue weighted by molar-refractivity contribution is 0.0716. The molecule has 7 heteroatoms. The van der Waals surface area contributed by atoms with Crippen LogP contribution in [0.15, 0.2) is 43.0 Å². The molecule has 1 aliphatic carbocycles. The smallest absolute Gasteiger partial charge is 0.274 e. The van der Waals surface area contributed by atoms with Gasteiger partial charge in [0, 0.05) is 60.7 Å². The van der Waals surface area contributed by atoms with Crippen LogP contribution in [0, 0.1) is 0 Å². The highest BCUT2D eigenvalue weighted by molar-refractivity contribution is 5.94. The first-order valence-electron chi connectivity index (χ1n) is 12.0. The summed E-state index contributed by atoms with van der Waals surface area (Å²) in [6, 6.07) is 8.73. The van der Waals surface area contributed by atoms with Gasteiger partial charge in [-0.2, -0.15) is 5.10 Å². The zero-order valence-electron chi connectivity index (χ0n) is 18.8. The van der Waals surface area contributed by atoms with Crippen LogP contribution < -0.4 is 5.32 Å². The lowest BCUT2D eigenvalue weighted by Crippen LogP contribution is -2.37. The van der Waals surface area contributed by atoms with E-state index in [4.69, 9.17) is 5.10 Å². The van der Waals surface area contributed by atoms with E-state index in [-0.39, 0.29) is 5.91 Å². The Morgan fingerprint density at radius 3 is 2.69 bits per heavy atom. The predicted molar refractivity (Wildman–Crippen MR) is 125 cm³/mol. The fourth-order valence-electron chi connectivity index (χ4n) is 5.00. The number of rotatable bonds is 6. The molecule has 2 aliphatic rings. The van der Waals surface area contributed by atoms with Gasteiger partial charge in [0.15, 0.2) is 5.69 Å². The molecule has 7 nitrogen and oxygen atoms in total. The van der Waals surface area contributed by atoms with E-state index in [0.29, 0.717) is 11.7 Å². The second-order valence-corrected chi connectivity index (χ2v) is 8.95. The molecule has 0 radical (unpaired) electrons. The van der Waals surface area contributed by atoms with Crippen molar-refractivity contribution in [3.63, 3.8) is 0 Å². The Balaban J connectivity index is 1.34. The predicted octanol–water partition coefficient (Wildman–Crippen LogP) is 4.07. The van der Waals surface area contributed by atoms with Crippen molar-refractivity contribution in [2.75, 3.05) is 18.4 Å². The molecule has 1 aromatic carbocycles. The molecule has 1 amide bonds. The minimum Gasteiger partial charge on any atom is -0.382 e. The van der Waals surface area contributed by atoms with Gasteiger partial charge in [-0.25, -0.2) is 4.98 Å². The Hall–Kier alpha value is -3.09. The Bertz CT molecular complexity index is 1050. The highest BCUT2D eigenvalue weighted by atomic mass is 16.2. The summed E-state index contributed by atoms with van der Waals surface area (Å²) >= 11 is 0. The summed E-state index contributed by atoms with van der Waals surface area (Å²) in [5.41, 5.74) is 5.31. The third kappa shape index (κ3) is 4.16. The maximum Gasteiger partial charge on any atom is 0.274 e. The number of carbonyl (C=O) groups is 1. The number of carbonyl (C=O) groups excluding carboxylic acids is 1. The van der Waals surface area contributed by atoms with Gasteiger partial charge in [0.2, 0.25) is 0 Å². The zero-order chi connectivity index (χ0) is 21.9. The van der Waals surface area contributed by atoms with Crippen molar-refractivity contribution < 1.29 is 4.79 Å². The van der Waals surface area contributed by atoms with Crippen molar-refractivity contribution in [1.29, 1.82) is 0 Å². The highest BCUT2D eigenvalue weighted by Gasteiger charge is 2.31. The second-order valence-electron chi connectivity index (χ2n) is 8.95. The molecule has 3 aromatic rings. The van der Waals surface area contributed by atoms with Crippen molar-refractivity contribution in [1.82, 2.24) is 24.2 Å². The lowest BCUT2D eigenvalue weighted by atomic mass is 9.90. The minimum absolute atomic E-state index is 0.126. The number of fused-ring (bicyclic) bond motifs is 1. The van der Waals surface area contributed by atoms with E-state index in [1.54, 1.807) is 12.5 Å². The summed E-state index contributed by atoms with van der Waals surface area (Å²) in [7, 11) is 0. The van der Waals surface area contributed by atoms with Crippen LogP contribution in [0.5, 0.6) is 0 Å². The number of piperidine rings is 1. The van der Waals surface area contributed by atoms with Gasteiger partial charge in [-0.15, -0.1) is 0 Å². The molecule has 1 fully saturated rings. The number of hydrogen-bond acceptors (Lipinski definition) is 4. The van der Waals surface area contributed by atoms with Gasteiger partial charge in [0.1, 0.15) is 0 Å². The number of anilines is 1. The normalized spacial score (nSPS) is 18.4. The monoisotopic (exact) mass is 432 g/mol. The molecule has 1 aliphatic heterocycles. The number of aromatic nitrogens is 4. The molecule has 3 heterocycles. The Kier molecular flexibility index (Phi) is 5.97. The first-order chi connectivity index (χ1) is 15.7. The molecule has 32 heavy (non-hydrogen) atoms. The SMILES string of the molecule is CCCn1nc(C(=O)N2CCCCC2)c2c1CCC(Nc1ccc(-n3ccnc3)cc1)C2. The number of nitrogens with zero attached hydrogens (tertiary/aromatic N) is 5. The number of likely N-dealkylation sites (tertiary alicyclic amines) is 1. The molecule has 0 saturated carbocycles. The average Bonchev–Trinajstić information content (AvgIpc) is 3.49. The maximum absolute atomic E-state index is 13.3. The van der Waals surface area contributed by atoms with E-state index in [1.165, 1.54) is 12.1 Å². The first kappa shape index (κ1) is 20.8. The summed E-state index contributed by atoms with van der Waals surface area (Å²) in [6.45, 7) is 4.77. The third-order valence-corrected chi connectivity index (χ3v) is 6.67. The van der Waals surface area contributed by atoms with Crippen molar-refractivity contribution in [3.8, 4) is 5.69 Å². The van der Waals surface area contributed by atoms with E-state index < -0.39 is 0 Å². The molecule has 2 aromatic heterocycles. The number of aryl methyl sites for hydroxylation is 1. The molecule has 1 unspecified atom stereocenters. The van der Waals surface area contributed by atoms with Crippen LogP contribution in [-0.4, -0.2) is 49.3 Å². The number of benzene rings is 1. The lowest BCUT2D eigenvalue weighted by Gasteiger charge is -2.28. The van der Waals surface area contributed by atoms with Crippen LogP contribution in [0.4, 0.5) is 5.69 Å². The van der Waals surface area contributed by atoms with Crippen LogP contribution in [0.3, 0.4) is 0 Å². The first-order valence-corrected chi connectivity index (χ1v) is 12.0. The molecule has 1 atom stereocenters. The van der Waals surface area contributed by atoms with Crippen molar-refractivity contribution in [2.24, 2.45) is 0 Å². The number of amides is 1. The van der Waals surface area contributed by atoms with Crippen LogP contribution in [0.2, 0.25) is 0 Å². The minimum atomic E-state index is 0.126. The van der Waals surface area contributed by atoms with E-state index in [1.807, 2.05) is 15.7 Å². The van der Waals surface area contributed by atoms with Crippen molar-refractivity contribution >= 4 is 11.6 Å². The Morgan fingerprint density at radius 2 is 1.97 bits per heavy atom. The highest BCUT2D eigenvalue weighted by Crippen LogP contribution is 2.29. The van der Waals surface area contributed by atoms with Gasteiger partial charge < -0.3 is 14.8 Å². The summed E-state index contributed by atoms with van der Waals surface area (Å²) in [5, 5.41) is 8.52. The topological polar surface area (TPSA) is 68.0 Å². The fraction of sp³-hybridized carbons (Fsp3) is 0.480.